The summed E-state index contributed by atoms with van der Waals surface area (Å²) in [6.45, 7) is 5.84. The first-order valence-corrected chi connectivity index (χ1v) is 5.58. The fraction of sp³-hybridized carbons (Fsp3) is 0.500. The molecule has 0 saturated heterocycles. The molecule has 0 rings (SSSR count). The third-order valence-electron chi connectivity index (χ3n) is 1.91. The summed E-state index contributed by atoms with van der Waals surface area (Å²) in [5.74, 6) is -0.358. The number of hydrogen-bond donors (Lipinski definition) is 4. The second kappa shape index (κ2) is 7.60. The Hall–Kier alpha value is -1.69. The summed E-state index contributed by atoms with van der Waals surface area (Å²) in [6.07, 6.45) is 2.74. The Labute approximate surface area is 107 Å². The van der Waals surface area contributed by atoms with Crippen molar-refractivity contribution in [2.75, 3.05) is 13.1 Å². The van der Waals surface area contributed by atoms with E-state index in [1.807, 2.05) is 20.8 Å². The van der Waals surface area contributed by atoms with Crippen molar-refractivity contribution in [3.63, 3.8) is 0 Å². The van der Waals surface area contributed by atoms with Crippen molar-refractivity contribution in [3.8, 4) is 0 Å². The first kappa shape index (κ1) is 16.3. The van der Waals surface area contributed by atoms with E-state index in [0.717, 1.165) is 6.21 Å². The largest absolute Gasteiger partial charge is 0.386 e. The van der Waals surface area contributed by atoms with E-state index in [0.29, 0.717) is 11.9 Å². The summed E-state index contributed by atoms with van der Waals surface area (Å²) in [6, 6.07) is 0. The minimum atomic E-state index is -0.375. The predicted octanol–water partition coefficient (Wildman–Crippen LogP) is 0.836. The molecule has 102 valence electrons. The molecule has 1 amide bonds. The number of amides is 1. The fourth-order valence-corrected chi connectivity index (χ4v) is 1.03. The van der Waals surface area contributed by atoms with E-state index in [2.05, 4.69) is 10.6 Å². The lowest BCUT2D eigenvalue weighted by Gasteiger charge is -2.20. The van der Waals surface area contributed by atoms with Crippen molar-refractivity contribution in [1.29, 1.82) is 5.41 Å². The molecule has 0 spiro atoms. The highest BCUT2D eigenvalue weighted by atomic mass is 19.1. The molecule has 18 heavy (non-hydrogen) atoms. The standard InChI is InChI=1S/C12H21FN4O/c1-12(2,3)17-11(18)10(6-15)8-16-7-9(4-13)5-14/h4,6,8,15-16H,5,7,14H2,1-3H3,(H,17,18)/b9-4+,10-8+,15-6?. The van der Waals surface area contributed by atoms with Gasteiger partial charge in [0.15, 0.2) is 0 Å². The smallest absolute Gasteiger partial charge is 0.254 e. The van der Waals surface area contributed by atoms with E-state index < -0.39 is 0 Å². The molecule has 0 fully saturated rings. The lowest BCUT2D eigenvalue weighted by atomic mass is 10.1. The third-order valence-corrected chi connectivity index (χ3v) is 1.91. The Kier molecular flexibility index (Phi) is 6.89. The van der Waals surface area contributed by atoms with Crippen LogP contribution in [0.4, 0.5) is 4.39 Å². The Morgan fingerprint density at radius 3 is 2.44 bits per heavy atom. The highest BCUT2D eigenvalue weighted by molar-refractivity contribution is 6.11. The van der Waals surface area contributed by atoms with E-state index in [4.69, 9.17) is 11.1 Å². The topological polar surface area (TPSA) is 91.0 Å². The summed E-state index contributed by atoms with van der Waals surface area (Å²) in [7, 11) is 0. The molecule has 0 aromatic heterocycles. The van der Waals surface area contributed by atoms with Gasteiger partial charge >= 0.3 is 0 Å². The van der Waals surface area contributed by atoms with Gasteiger partial charge in [-0.05, 0) is 26.3 Å². The van der Waals surface area contributed by atoms with E-state index >= 15 is 0 Å². The highest BCUT2D eigenvalue weighted by Crippen LogP contribution is 2.01. The van der Waals surface area contributed by atoms with Crippen LogP contribution in [0.5, 0.6) is 0 Å². The molecule has 0 aliphatic carbocycles. The van der Waals surface area contributed by atoms with E-state index in [9.17, 15) is 9.18 Å². The van der Waals surface area contributed by atoms with Gasteiger partial charge in [-0.3, -0.25) is 4.79 Å². The van der Waals surface area contributed by atoms with Gasteiger partial charge in [0.2, 0.25) is 0 Å². The zero-order valence-electron chi connectivity index (χ0n) is 11.0. The minimum Gasteiger partial charge on any atom is -0.386 e. The summed E-state index contributed by atoms with van der Waals surface area (Å²) < 4.78 is 12.2. The summed E-state index contributed by atoms with van der Waals surface area (Å²) >= 11 is 0. The van der Waals surface area contributed by atoms with Crippen LogP contribution in [-0.4, -0.2) is 30.8 Å². The molecule has 0 heterocycles. The van der Waals surface area contributed by atoms with Crippen LogP contribution in [0, 0.1) is 5.41 Å². The molecule has 0 aromatic rings. The van der Waals surface area contributed by atoms with Gasteiger partial charge < -0.3 is 21.8 Å². The monoisotopic (exact) mass is 256 g/mol. The Morgan fingerprint density at radius 1 is 1.44 bits per heavy atom. The van der Waals surface area contributed by atoms with Gasteiger partial charge in [-0.2, -0.15) is 0 Å². The highest BCUT2D eigenvalue weighted by Gasteiger charge is 2.15. The van der Waals surface area contributed by atoms with Crippen molar-refractivity contribution in [2.45, 2.75) is 26.3 Å². The van der Waals surface area contributed by atoms with Crippen molar-refractivity contribution < 1.29 is 9.18 Å². The predicted molar refractivity (Wildman–Crippen MR) is 71.0 cm³/mol. The van der Waals surface area contributed by atoms with E-state index in [1.54, 1.807) is 0 Å². The maximum Gasteiger partial charge on any atom is 0.254 e. The number of carbonyl (C=O) groups is 1. The van der Waals surface area contributed by atoms with Gasteiger partial charge in [0.05, 0.1) is 11.9 Å². The molecule has 0 radical (unpaired) electrons. The maximum absolute atomic E-state index is 12.2. The van der Waals surface area contributed by atoms with Crippen molar-refractivity contribution >= 4 is 12.1 Å². The number of hydrogen-bond acceptors (Lipinski definition) is 4. The van der Waals surface area contributed by atoms with Crippen molar-refractivity contribution in [2.24, 2.45) is 5.73 Å². The maximum atomic E-state index is 12.2. The molecular weight excluding hydrogens is 235 g/mol. The average molecular weight is 256 g/mol. The molecule has 0 unspecified atom stereocenters. The van der Waals surface area contributed by atoms with Gasteiger partial charge in [0, 0.05) is 31.0 Å². The third kappa shape index (κ3) is 6.80. The second-order valence-electron chi connectivity index (χ2n) is 4.80. The Balaban J connectivity index is 4.50. The first-order valence-electron chi connectivity index (χ1n) is 5.58. The summed E-state index contributed by atoms with van der Waals surface area (Å²) in [5.41, 5.74) is 5.46. The van der Waals surface area contributed by atoms with Crippen molar-refractivity contribution in [3.05, 3.63) is 23.7 Å². The Bertz CT molecular complexity index is 356. The molecule has 5 nitrogen and oxygen atoms in total. The number of carbonyl (C=O) groups excluding carboxylic acids is 1. The molecule has 0 aromatic carbocycles. The van der Waals surface area contributed by atoms with Crippen LogP contribution in [0.15, 0.2) is 23.7 Å². The van der Waals surface area contributed by atoms with Gasteiger partial charge in [-0.25, -0.2) is 4.39 Å². The molecule has 6 heteroatoms. The average Bonchev–Trinajstić information content (AvgIpc) is 2.27. The number of rotatable bonds is 6. The van der Waals surface area contributed by atoms with Crippen LogP contribution in [0.2, 0.25) is 0 Å². The fourth-order valence-electron chi connectivity index (χ4n) is 1.03. The van der Waals surface area contributed by atoms with Crippen LogP contribution in [-0.2, 0) is 4.79 Å². The SMILES string of the molecule is CC(C)(C)NC(=O)/C(C=N)=C/NC/C(=C/F)CN. The number of nitrogens with two attached hydrogens (primary N) is 1. The van der Waals surface area contributed by atoms with Gasteiger partial charge in [-0.1, -0.05) is 0 Å². The quantitative estimate of drug-likeness (QED) is 0.419. The second-order valence-corrected chi connectivity index (χ2v) is 4.80. The Morgan fingerprint density at radius 2 is 2.06 bits per heavy atom. The van der Waals surface area contributed by atoms with Crippen LogP contribution in [0.3, 0.4) is 0 Å². The zero-order valence-corrected chi connectivity index (χ0v) is 11.0. The van der Waals surface area contributed by atoms with E-state index in [-0.39, 0.29) is 30.1 Å². The molecule has 0 saturated carbocycles. The van der Waals surface area contributed by atoms with E-state index in [1.165, 1.54) is 6.20 Å². The zero-order chi connectivity index (χ0) is 14.2. The van der Waals surface area contributed by atoms with Gasteiger partial charge in [0.25, 0.3) is 5.91 Å². The number of halogens is 1. The summed E-state index contributed by atoms with van der Waals surface area (Å²) in [5, 5.41) is 12.6. The number of nitrogens with one attached hydrogen (secondary N) is 3. The van der Waals surface area contributed by atoms with Crippen LogP contribution < -0.4 is 16.4 Å². The van der Waals surface area contributed by atoms with Crippen LogP contribution in [0.1, 0.15) is 20.8 Å². The molecule has 0 bridgehead atoms. The van der Waals surface area contributed by atoms with Crippen LogP contribution >= 0.6 is 0 Å². The first-order chi connectivity index (χ1) is 8.34. The van der Waals surface area contributed by atoms with Gasteiger partial charge in [-0.15, -0.1) is 0 Å². The van der Waals surface area contributed by atoms with Gasteiger partial charge in [0.1, 0.15) is 0 Å². The molecular formula is C12H21FN4O. The molecule has 5 N–H and O–H groups in total. The molecule has 0 atom stereocenters. The molecule has 0 aliphatic rings. The minimum absolute atomic E-state index is 0.103. The lowest BCUT2D eigenvalue weighted by Crippen LogP contribution is -2.41. The normalized spacial score (nSPS) is 13.2. The van der Waals surface area contributed by atoms with Crippen LogP contribution in [0.25, 0.3) is 0 Å². The molecule has 0 aliphatic heterocycles. The lowest BCUT2D eigenvalue weighted by molar-refractivity contribution is -0.118. The van der Waals surface area contributed by atoms with Crippen molar-refractivity contribution in [1.82, 2.24) is 10.6 Å². The summed E-state index contributed by atoms with van der Waals surface area (Å²) in [4.78, 5) is 11.7.